The number of alkyl halides is 3. The highest BCUT2D eigenvalue weighted by Gasteiger charge is 2.31. The fourth-order valence-electron chi connectivity index (χ4n) is 4.11. The van der Waals surface area contributed by atoms with Crippen molar-refractivity contribution in [3.05, 3.63) is 59.9 Å². The van der Waals surface area contributed by atoms with Crippen LogP contribution in [0.3, 0.4) is 0 Å². The second kappa shape index (κ2) is 9.80. The van der Waals surface area contributed by atoms with Crippen LogP contribution in [0.5, 0.6) is 0 Å². The van der Waals surface area contributed by atoms with Crippen LogP contribution in [-0.4, -0.2) is 64.0 Å². The van der Waals surface area contributed by atoms with Gasteiger partial charge in [-0.05, 0) is 31.2 Å². The zero-order valence-corrected chi connectivity index (χ0v) is 18.3. The summed E-state index contributed by atoms with van der Waals surface area (Å²) in [5.74, 6) is 0.564. The Kier molecular flexibility index (Phi) is 6.85. The zero-order chi connectivity index (χ0) is 23.4. The highest BCUT2D eigenvalue weighted by Crippen LogP contribution is 2.30. The van der Waals surface area contributed by atoms with E-state index in [4.69, 9.17) is 5.11 Å². The van der Waals surface area contributed by atoms with E-state index in [1.807, 2.05) is 35.4 Å². The zero-order valence-electron chi connectivity index (χ0n) is 18.3. The van der Waals surface area contributed by atoms with Gasteiger partial charge in [0, 0.05) is 68.0 Å². The minimum atomic E-state index is -4.38. The van der Waals surface area contributed by atoms with Gasteiger partial charge in [0.05, 0.1) is 17.9 Å². The highest BCUT2D eigenvalue weighted by molar-refractivity contribution is 5.65. The maximum absolute atomic E-state index is 12.8. The molecule has 1 unspecified atom stereocenters. The number of benzene rings is 1. The van der Waals surface area contributed by atoms with E-state index in [-0.39, 0.29) is 12.6 Å². The first-order valence-electron chi connectivity index (χ1n) is 10.8. The molecule has 0 bridgehead atoms. The van der Waals surface area contributed by atoms with Crippen LogP contribution in [0.15, 0.2) is 48.8 Å². The predicted octanol–water partition coefficient (Wildman–Crippen LogP) is 3.61. The molecule has 4 rings (SSSR count). The van der Waals surface area contributed by atoms with Gasteiger partial charge in [-0.25, -0.2) is 4.98 Å². The number of aliphatic hydroxyl groups excluding tert-OH is 1. The van der Waals surface area contributed by atoms with Crippen LogP contribution in [-0.2, 0) is 12.7 Å². The number of aliphatic hydroxyl groups is 1. The number of hydrogen-bond acceptors (Lipinski definition) is 6. The molecule has 0 aliphatic carbocycles. The van der Waals surface area contributed by atoms with Crippen molar-refractivity contribution in [2.24, 2.45) is 0 Å². The van der Waals surface area contributed by atoms with Crippen LogP contribution < -0.4 is 10.2 Å². The van der Waals surface area contributed by atoms with Gasteiger partial charge in [0.2, 0.25) is 0 Å². The number of anilines is 2. The molecular weight excluding hydrogens is 433 g/mol. The van der Waals surface area contributed by atoms with Crippen LogP contribution in [0.2, 0.25) is 0 Å². The Bertz CT molecular complexity index is 1040. The number of nitrogens with one attached hydrogen (secondary N) is 2. The van der Waals surface area contributed by atoms with Crippen molar-refractivity contribution in [2.75, 3.05) is 43.0 Å². The molecule has 3 N–H and O–H groups in total. The molecule has 0 saturated carbocycles. The van der Waals surface area contributed by atoms with E-state index in [0.717, 1.165) is 54.4 Å². The molecule has 3 aromatic rings. The minimum Gasteiger partial charge on any atom is -0.395 e. The van der Waals surface area contributed by atoms with Crippen LogP contribution >= 0.6 is 0 Å². The van der Waals surface area contributed by atoms with E-state index in [9.17, 15) is 13.2 Å². The summed E-state index contributed by atoms with van der Waals surface area (Å²) in [6, 6.07) is 10.6. The molecule has 1 saturated heterocycles. The fourth-order valence-corrected chi connectivity index (χ4v) is 4.11. The van der Waals surface area contributed by atoms with Crippen molar-refractivity contribution in [1.29, 1.82) is 0 Å². The van der Waals surface area contributed by atoms with Gasteiger partial charge in [-0.3, -0.25) is 10.00 Å². The molecule has 2 aromatic heterocycles. The molecule has 176 valence electrons. The average molecular weight is 461 g/mol. The molecule has 0 spiro atoms. The molecule has 0 amide bonds. The Labute approximate surface area is 190 Å². The average Bonchev–Trinajstić information content (AvgIpc) is 3.26. The molecule has 3 heterocycles. The van der Waals surface area contributed by atoms with Gasteiger partial charge in [-0.1, -0.05) is 12.1 Å². The summed E-state index contributed by atoms with van der Waals surface area (Å²) < 4.78 is 38.4. The monoisotopic (exact) mass is 460 g/mol. The lowest BCUT2D eigenvalue weighted by Crippen LogP contribution is -2.51. The van der Waals surface area contributed by atoms with Crippen LogP contribution in [0.1, 0.15) is 18.1 Å². The number of nitrogens with zero attached hydrogens (tertiary/aromatic N) is 4. The predicted molar refractivity (Wildman–Crippen MR) is 121 cm³/mol. The Morgan fingerprint density at radius 1 is 1.15 bits per heavy atom. The van der Waals surface area contributed by atoms with Gasteiger partial charge in [-0.2, -0.15) is 18.3 Å². The lowest BCUT2D eigenvalue weighted by Gasteiger charge is -2.40. The molecule has 1 atom stereocenters. The summed E-state index contributed by atoms with van der Waals surface area (Å²) in [5, 5.41) is 19.5. The maximum Gasteiger partial charge on any atom is 0.417 e. The summed E-state index contributed by atoms with van der Waals surface area (Å²) in [6.45, 7) is 5.55. The van der Waals surface area contributed by atoms with E-state index >= 15 is 0 Å². The first-order chi connectivity index (χ1) is 15.8. The van der Waals surface area contributed by atoms with Gasteiger partial charge < -0.3 is 15.3 Å². The fraction of sp³-hybridized carbons (Fsp3) is 0.391. The lowest BCUT2D eigenvalue weighted by atomic mass is 10.1. The third-order valence-corrected chi connectivity index (χ3v) is 5.79. The third kappa shape index (κ3) is 5.45. The second-order valence-electron chi connectivity index (χ2n) is 8.17. The minimum absolute atomic E-state index is 0.0753. The van der Waals surface area contributed by atoms with Gasteiger partial charge in [0.25, 0.3) is 0 Å². The topological polar surface area (TPSA) is 80.3 Å². The molecular formula is C23H27F3N6O. The van der Waals surface area contributed by atoms with Crippen molar-refractivity contribution < 1.29 is 18.3 Å². The van der Waals surface area contributed by atoms with E-state index in [0.29, 0.717) is 18.9 Å². The van der Waals surface area contributed by atoms with E-state index in [1.165, 1.54) is 6.07 Å². The summed E-state index contributed by atoms with van der Waals surface area (Å²) in [6.07, 6.45) is -1.58. The summed E-state index contributed by atoms with van der Waals surface area (Å²) in [4.78, 5) is 8.42. The number of piperazine rings is 1. The highest BCUT2D eigenvalue weighted by atomic mass is 19.4. The molecule has 33 heavy (non-hydrogen) atoms. The first-order valence-corrected chi connectivity index (χ1v) is 10.8. The Hall–Kier alpha value is -3.11. The number of hydrogen-bond donors (Lipinski definition) is 3. The van der Waals surface area contributed by atoms with Gasteiger partial charge >= 0.3 is 6.18 Å². The number of H-pyrrole nitrogens is 1. The molecule has 7 nitrogen and oxygen atoms in total. The van der Waals surface area contributed by atoms with Crippen LogP contribution in [0.25, 0.3) is 11.3 Å². The normalized spacial score (nSPS) is 17.4. The molecule has 1 aliphatic heterocycles. The molecule has 1 aliphatic rings. The summed E-state index contributed by atoms with van der Waals surface area (Å²) >= 11 is 0. The first kappa shape index (κ1) is 23.1. The largest absolute Gasteiger partial charge is 0.417 e. The number of halogens is 3. The Balaban J connectivity index is 1.39. The van der Waals surface area contributed by atoms with Crippen molar-refractivity contribution in [1.82, 2.24) is 20.1 Å². The maximum atomic E-state index is 12.8. The molecule has 1 fully saturated rings. The standard InChI is InChI=1S/C23H27F3N6O/c1-16-14-31(9-10-32(16)21-7-4-19(13-28-21)23(24,25)26)15-18-12-29-30-22(18)17-2-5-20(6-3-17)27-8-11-33/h2-7,12-13,16,27,33H,8-11,14-15H2,1H3,(H,29,30). The lowest BCUT2D eigenvalue weighted by molar-refractivity contribution is -0.137. The summed E-state index contributed by atoms with van der Waals surface area (Å²) in [5.41, 5.74) is 3.18. The van der Waals surface area contributed by atoms with Crippen molar-refractivity contribution in [2.45, 2.75) is 25.7 Å². The van der Waals surface area contributed by atoms with E-state index in [1.54, 1.807) is 0 Å². The van der Waals surface area contributed by atoms with Crippen LogP contribution in [0, 0.1) is 0 Å². The quantitative estimate of drug-likeness (QED) is 0.500. The number of pyridine rings is 1. The Morgan fingerprint density at radius 3 is 2.58 bits per heavy atom. The van der Waals surface area contributed by atoms with Crippen molar-refractivity contribution in [3.63, 3.8) is 0 Å². The summed E-state index contributed by atoms with van der Waals surface area (Å²) in [7, 11) is 0. The van der Waals surface area contributed by atoms with Crippen molar-refractivity contribution in [3.8, 4) is 11.3 Å². The van der Waals surface area contributed by atoms with Crippen molar-refractivity contribution >= 4 is 11.5 Å². The SMILES string of the molecule is CC1CN(Cc2c[nH]nc2-c2ccc(NCCO)cc2)CCN1c1ccc(C(F)(F)F)cn1. The van der Waals surface area contributed by atoms with E-state index < -0.39 is 11.7 Å². The molecule has 10 heteroatoms. The van der Waals surface area contributed by atoms with Crippen LogP contribution in [0.4, 0.5) is 24.7 Å². The number of aromatic nitrogens is 3. The smallest absolute Gasteiger partial charge is 0.395 e. The van der Waals surface area contributed by atoms with Gasteiger partial charge in [0.15, 0.2) is 0 Å². The van der Waals surface area contributed by atoms with Gasteiger partial charge in [0.1, 0.15) is 5.82 Å². The molecule has 0 radical (unpaired) electrons. The second-order valence-corrected chi connectivity index (χ2v) is 8.17. The van der Waals surface area contributed by atoms with Gasteiger partial charge in [-0.15, -0.1) is 0 Å². The molecule has 1 aromatic carbocycles. The third-order valence-electron chi connectivity index (χ3n) is 5.79. The number of aromatic amines is 1. The number of rotatable bonds is 7. The van der Waals surface area contributed by atoms with E-state index in [2.05, 4.69) is 32.3 Å². The Morgan fingerprint density at radius 2 is 1.94 bits per heavy atom.